The van der Waals surface area contributed by atoms with E-state index in [1.165, 1.54) is 41.2 Å². The molecule has 0 bridgehead atoms. The Morgan fingerprint density at radius 1 is 1.07 bits per heavy atom. The van der Waals surface area contributed by atoms with Gasteiger partial charge in [0.1, 0.15) is 11.8 Å². The number of benzene rings is 3. The number of halogens is 3. The summed E-state index contributed by atoms with van der Waals surface area (Å²) in [6.45, 7) is 3.49. The van der Waals surface area contributed by atoms with Crippen molar-refractivity contribution in [2.24, 2.45) is 0 Å². The van der Waals surface area contributed by atoms with Crippen LogP contribution in [0.2, 0.25) is 0 Å². The fourth-order valence-electron chi connectivity index (χ4n) is 5.28. The van der Waals surface area contributed by atoms with Gasteiger partial charge in [0.05, 0.1) is 36.5 Å². The third-order valence-electron chi connectivity index (χ3n) is 7.17. The van der Waals surface area contributed by atoms with E-state index in [1.807, 2.05) is 0 Å². The minimum atomic E-state index is -4.73. The van der Waals surface area contributed by atoms with E-state index in [2.05, 4.69) is 17.2 Å². The molecule has 0 unspecified atom stereocenters. The molecule has 42 heavy (non-hydrogen) atoms. The van der Waals surface area contributed by atoms with Gasteiger partial charge in [0, 0.05) is 12.2 Å². The number of carbonyl (C=O) groups excluding carboxylic acids is 3. The molecular weight excluding hydrogens is 549 g/mol. The van der Waals surface area contributed by atoms with Crippen molar-refractivity contribution in [3.8, 4) is 5.75 Å². The molecule has 2 aliphatic heterocycles. The minimum Gasteiger partial charge on any atom is -0.497 e. The lowest BCUT2D eigenvalue weighted by atomic mass is 9.91. The van der Waals surface area contributed by atoms with Gasteiger partial charge in [-0.3, -0.25) is 14.5 Å². The largest absolute Gasteiger partial charge is 0.497 e. The first-order chi connectivity index (χ1) is 20.1. The van der Waals surface area contributed by atoms with Crippen molar-refractivity contribution in [1.29, 1.82) is 0 Å². The fourth-order valence-corrected chi connectivity index (χ4v) is 5.28. The van der Waals surface area contributed by atoms with E-state index in [-0.39, 0.29) is 29.9 Å². The smallest absolute Gasteiger partial charge is 0.416 e. The van der Waals surface area contributed by atoms with Gasteiger partial charge in [0.15, 0.2) is 0 Å². The van der Waals surface area contributed by atoms with Crippen molar-refractivity contribution in [3.05, 3.63) is 119 Å². The van der Waals surface area contributed by atoms with Crippen molar-refractivity contribution < 1.29 is 32.3 Å². The molecule has 0 aromatic heterocycles. The molecule has 2 heterocycles. The zero-order valence-electron chi connectivity index (χ0n) is 22.5. The number of hydrogen-bond donors (Lipinski definition) is 2. The molecule has 4 amide bonds. The number of rotatable bonds is 8. The number of anilines is 1. The summed E-state index contributed by atoms with van der Waals surface area (Å²) < 4.78 is 47.2. The molecule has 2 atom stereocenters. The second-order valence-corrected chi connectivity index (χ2v) is 9.69. The first kappa shape index (κ1) is 28.5. The molecule has 0 radical (unpaired) electrons. The normalized spacial score (nSPS) is 17.5. The number of carbonyl (C=O) groups is 3. The number of urea groups is 1. The summed E-state index contributed by atoms with van der Waals surface area (Å²) in [7, 11) is 1.52. The van der Waals surface area contributed by atoms with E-state index in [4.69, 9.17) is 4.74 Å². The lowest BCUT2D eigenvalue weighted by Crippen LogP contribution is -2.47. The predicted molar refractivity (Wildman–Crippen MR) is 149 cm³/mol. The van der Waals surface area contributed by atoms with Gasteiger partial charge in [-0.15, -0.1) is 6.58 Å². The standard InChI is InChI=1S/C31H27F3N4O4/c1-3-17-37-24-18-38(27(19-9-5-4-6-10-19)28(39)35-20-13-15-21(42-2)16-14-20)29(40)25(24)26(36-30(37)41)22-11-7-8-12-23(22)31(32,33)34/h3-16,26-27H,1,17-18H2,2H3,(H,35,39)(H,36,41)/t26-,27+/m0/s1. The first-order valence-corrected chi connectivity index (χ1v) is 13.0. The molecule has 0 fully saturated rings. The van der Waals surface area contributed by atoms with E-state index >= 15 is 0 Å². The van der Waals surface area contributed by atoms with Crippen LogP contribution in [-0.2, 0) is 15.8 Å². The van der Waals surface area contributed by atoms with Crippen LogP contribution in [0.15, 0.2) is 103 Å². The molecule has 3 aromatic carbocycles. The third-order valence-corrected chi connectivity index (χ3v) is 7.17. The van der Waals surface area contributed by atoms with Crippen LogP contribution in [0, 0.1) is 0 Å². The summed E-state index contributed by atoms with van der Waals surface area (Å²) in [5.41, 5.74) is -0.123. The summed E-state index contributed by atoms with van der Waals surface area (Å²) >= 11 is 0. The predicted octanol–water partition coefficient (Wildman–Crippen LogP) is 5.44. The number of alkyl halides is 3. The van der Waals surface area contributed by atoms with Gasteiger partial charge >= 0.3 is 12.2 Å². The zero-order valence-corrected chi connectivity index (χ0v) is 22.5. The Balaban J connectivity index is 1.57. The van der Waals surface area contributed by atoms with Crippen LogP contribution in [0.3, 0.4) is 0 Å². The third kappa shape index (κ3) is 5.32. The molecule has 2 aliphatic rings. The lowest BCUT2D eigenvalue weighted by molar-refractivity contribution is -0.138. The molecule has 0 aliphatic carbocycles. The monoisotopic (exact) mass is 576 g/mol. The number of nitrogens with one attached hydrogen (secondary N) is 2. The highest BCUT2D eigenvalue weighted by Gasteiger charge is 2.49. The highest BCUT2D eigenvalue weighted by Crippen LogP contribution is 2.43. The van der Waals surface area contributed by atoms with E-state index < -0.39 is 41.7 Å². The molecule has 3 aromatic rings. The average Bonchev–Trinajstić information content (AvgIpc) is 3.31. The van der Waals surface area contributed by atoms with Gasteiger partial charge < -0.3 is 20.3 Å². The average molecular weight is 577 g/mol. The van der Waals surface area contributed by atoms with E-state index in [1.54, 1.807) is 54.6 Å². The number of nitrogens with zero attached hydrogens (tertiary/aromatic N) is 2. The minimum absolute atomic E-state index is 0.00741. The quantitative estimate of drug-likeness (QED) is 0.350. The van der Waals surface area contributed by atoms with Gasteiger partial charge in [-0.25, -0.2) is 4.79 Å². The Hall–Kier alpha value is -5.06. The lowest BCUT2D eigenvalue weighted by Gasteiger charge is -2.33. The van der Waals surface area contributed by atoms with Crippen molar-refractivity contribution in [3.63, 3.8) is 0 Å². The molecule has 5 rings (SSSR count). The summed E-state index contributed by atoms with van der Waals surface area (Å²) in [4.78, 5) is 43.7. The van der Waals surface area contributed by atoms with Crippen LogP contribution < -0.4 is 15.4 Å². The highest BCUT2D eigenvalue weighted by atomic mass is 19.4. The van der Waals surface area contributed by atoms with Crippen molar-refractivity contribution in [2.75, 3.05) is 25.5 Å². The highest BCUT2D eigenvalue weighted by molar-refractivity contribution is 6.05. The van der Waals surface area contributed by atoms with Gasteiger partial charge in [0.2, 0.25) is 0 Å². The molecule has 11 heteroatoms. The Kier molecular flexibility index (Phi) is 7.75. The maximum Gasteiger partial charge on any atom is 0.416 e. The Morgan fingerprint density at radius 2 is 1.74 bits per heavy atom. The topological polar surface area (TPSA) is 91.0 Å². The second-order valence-electron chi connectivity index (χ2n) is 9.69. The molecule has 2 N–H and O–H groups in total. The molecule has 0 saturated heterocycles. The van der Waals surface area contributed by atoms with Crippen LogP contribution >= 0.6 is 0 Å². The Morgan fingerprint density at radius 3 is 2.38 bits per heavy atom. The van der Waals surface area contributed by atoms with Crippen LogP contribution in [0.1, 0.15) is 28.8 Å². The molecular formula is C31H27F3N4O4. The number of ether oxygens (including phenoxy) is 1. The summed E-state index contributed by atoms with van der Waals surface area (Å²) in [5, 5.41) is 5.40. The van der Waals surface area contributed by atoms with Gasteiger partial charge in [-0.05, 0) is 41.5 Å². The number of amides is 4. The van der Waals surface area contributed by atoms with Crippen LogP contribution in [0.25, 0.3) is 0 Å². The van der Waals surface area contributed by atoms with E-state index in [0.717, 1.165) is 6.07 Å². The van der Waals surface area contributed by atoms with E-state index in [0.29, 0.717) is 17.0 Å². The fraction of sp³-hybridized carbons (Fsp3) is 0.194. The van der Waals surface area contributed by atoms with Crippen LogP contribution in [0.5, 0.6) is 5.75 Å². The number of methoxy groups -OCH3 is 1. The number of hydrogen-bond acceptors (Lipinski definition) is 4. The molecule has 0 saturated carbocycles. The zero-order chi connectivity index (χ0) is 30.0. The Bertz CT molecular complexity index is 1550. The van der Waals surface area contributed by atoms with Crippen LogP contribution in [0.4, 0.5) is 23.7 Å². The molecule has 0 spiro atoms. The second kappa shape index (κ2) is 11.4. The van der Waals surface area contributed by atoms with Gasteiger partial charge in [-0.1, -0.05) is 54.6 Å². The van der Waals surface area contributed by atoms with Crippen molar-refractivity contribution in [1.82, 2.24) is 15.1 Å². The van der Waals surface area contributed by atoms with Crippen molar-refractivity contribution in [2.45, 2.75) is 18.3 Å². The summed E-state index contributed by atoms with van der Waals surface area (Å²) in [6, 6.07) is 16.8. The maximum atomic E-state index is 14.2. The van der Waals surface area contributed by atoms with E-state index in [9.17, 15) is 27.6 Å². The molecule has 8 nitrogen and oxygen atoms in total. The van der Waals surface area contributed by atoms with Gasteiger partial charge in [0.25, 0.3) is 11.8 Å². The summed E-state index contributed by atoms with van der Waals surface area (Å²) in [5.74, 6) is -0.620. The molecule has 216 valence electrons. The van der Waals surface area contributed by atoms with Crippen molar-refractivity contribution >= 4 is 23.5 Å². The SMILES string of the molecule is C=CCN1C(=O)N[C@@H](c2ccccc2C(F)(F)F)C2=C1CN([C@@H](C(=O)Nc1ccc(OC)cc1)c1ccccc1)C2=O. The Labute approximate surface area is 240 Å². The first-order valence-electron chi connectivity index (χ1n) is 13.0. The van der Waals surface area contributed by atoms with Crippen LogP contribution in [-0.4, -0.2) is 47.8 Å². The summed E-state index contributed by atoms with van der Waals surface area (Å²) in [6.07, 6.45) is -3.28. The van der Waals surface area contributed by atoms with Gasteiger partial charge in [-0.2, -0.15) is 13.2 Å². The maximum absolute atomic E-state index is 14.2.